The summed E-state index contributed by atoms with van der Waals surface area (Å²) in [5.41, 5.74) is 0.570. The molecule has 0 aliphatic heterocycles. The summed E-state index contributed by atoms with van der Waals surface area (Å²) in [6.45, 7) is 2.23. The lowest BCUT2D eigenvalue weighted by atomic mass is 10.1. The van der Waals surface area contributed by atoms with Gasteiger partial charge in [-0.1, -0.05) is 35.9 Å². The maximum Gasteiger partial charge on any atom is 0.273 e. The zero-order valence-electron chi connectivity index (χ0n) is 22.3. The van der Waals surface area contributed by atoms with Crippen molar-refractivity contribution in [2.75, 3.05) is 25.0 Å². The number of amides is 2. The van der Waals surface area contributed by atoms with E-state index in [9.17, 15) is 28.1 Å². The Balaban J connectivity index is 2.10. The molecule has 3 aromatic carbocycles. The number of hydrogen-bond acceptors (Lipinski definition) is 7. The van der Waals surface area contributed by atoms with E-state index in [2.05, 4.69) is 5.32 Å². The Morgan fingerprint density at radius 1 is 1.10 bits per heavy atom. The Bertz CT molecular complexity index is 1510. The SMILES string of the molecule is CNC(=O)[C@H](C)N(Cc1ccccc1Cl)C(=O)CN(c1ccc(OC)cc1)S(=O)(=O)c1ccc(C)c([N+](=O)[O-])c1. The van der Waals surface area contributed by atoms with Crippen molar-refractivity contribution >= 4 is 44.8 Å². The summed E-state index contributed by atoms with van der Waals surface area (Å²) in [6, 6.07) is 15.3. The van der Waals surface area contributed by atoms with Crippen molar-refractivity contribution in [3.8, 4) is 5.75 Å². The first-order valence-corrected chi connectivity index (χ1v) is 13.9. The average molecular weight is 589 g/mol. The smallest absolute Gasteiger partial charge is 0.273 e. The lowest BCUT2D eigenvalue weighted by Gasteiger charge is -2.32. The van der Waals surface area contributed by atoms with Crippen LogP contribution in [0.5, 0.6) is 5.75 Å². The molecule has 3 aromatic rings. The molecule has 0 spiro atoms. The molecule has 11 nitrogen and oxygen atoms in total. The van der Waals surface area contributed by atoms with Crippen LogP contribution in [0.15, 0.2) is 71.6 Å². The second-order valence-corrected chi connectivity index (χ2v) is 11.1. The molecular weight excluding hydrogens is 560 g/mol. The minimum atomic E-state index is -4.49. The van der Waals surface area contributed by atoms with Gasteiger partial charge in [0, 0.05) is 30.2 Å². The van der Waals surface area contributed by atoms with E-state index in [4.69, 9.17) is 16.3 Å². The van der Waals surface area contributed by atoms with E-state index < -0.39 is 39.3 Å². The highest BCUT2D eigenvalue weighted by Crippen LogP contribution is 2.29. The number of anilines is 1. The van der Waals surface area contributed by atoms with E-state index in [0.717, 1.165) is 10.4 Å². The van der Waals surface area contributed by atoms with Crippen LogP contribution in [0.3, 0.4) is 0 Å². The molecule has 0 saturated carbocycles. The highest BCUT2D eigenvalue weighted by molar-refractivity contribution is 7.92. The molecule has 13 heteroatoms. The van der Waals surface area contributed by atoms with E-state index >= 15 is 0 Å². The molecule has 3 rings (SSSR count). The third kappa shape index (κ3) is 6.69. The molecule has 0 fully saturated rings. The molecule has 212 valence electrons. The number of halogens is 1. The number of hydrogen-bond donors (Lipinski definition) is 1. The summed E-state index contributed by atoms with van der Waals surface area (Å²) in [4.78, 5) is 38.1. The minimum absolute atomic E-state index is 0.0698. The molecular formula is C27H29ClN4O7S. The maximum atomic E-state index is 13.9. The Hall–Kier alpha value is -4.16. The minimum Gasteiger partial charge on any atom is -0.497 e. The molecule has 0 aliphatic rings. The van der Waals surface area contributed by atoms with Crippen molar-refractivity contribution in [3.63, 3.8) is 0 Å². The van der Waals surface area contributed by atoms with Gasteiger partial charge in [0.15, 0.2) is 0 Å². The Morgan fingerprint density at radius 3 is 2.33 bits per heavy atom. The van der Waals surface area contributed by atoms with Crippen LogP contribution in [0.25, 0.3) is 0 Å². The molecule has 1 atom stereocenters. The van der Waals surface area contributed by atoms with Gasteiger partial charge in [0.1, 0.15) is 18.3 Å². The van der Waals surface area contributed by atoms with Crippen LogP contribution in [0.1, 0.15) is 18.1 Å². The van der Waals surface area contributed by atoms with Gasteiger partial charge in [0.05, 0.1) is 22.6 Å². The molecule has 1 N–H and O–H groups in total. The van der Waals surface area contributed by atoms with Gasteiger partial charge in [0.2, 0.25) is 11.8 Å². The number of nitro groups is 1. The number of rotatable bonds is 11. The van der Waals surface area contributed by atoms with Crippen molar-refractivity contribution in [3.05, 3.63) is 93.0 Å². The fraction of sp³-hybridized carbons (Fsp3) is 0.259. The molecule has 40 heavy (non-hydrogen) atoms. The summed E-state index contributed by atoms with van der Waals surface area (Å²) in [6.07, 6.45) is 0. The average Bonchev–Trinajstić information content (AvgIpc) is 2.94. The number of benzene rings is 3. The summed E-state index contributed by atoms with van der Waals surface area (Å²) in [5, 5.41) is 14.4. The number of carbonyl (C=O) groups excluding carboxylic acids is 2. The fourth-order valence-electron chi connectivity index (χ4n) is 3.95. The monoisotopic (exact) mass is 588 g/mol. The zero-order chi connectivity index (χ0) is 29.6. The van der Waals surface area contributed by atoms with Crippen LogP contribution in [0.2, 0.25) is 5.02 Å². The number of ether oxygens (including phenoxy) is 1. The van der Waals surface area contributed by atoms with Crippen LogP contribution in [-0.2, 0) is 26.2 Å². The van der Waals surface area contributed by atoms with Crippen molar-refractivity contribution in [2.24, 2.45) is 0 Å². The van der Waals surface area contributed by atoms with Crippen molar-refractivity contribution < 1.29 is 27.7 Å². The number of aryl methyl sites for hydroxylation is 1. The van der Waals surface area contributed by atoms with Crippen molar-refractivity contribution in [2.45, 2.75) is 31.3 Å². The standard InChI is InChI=1S/C27H29ClN4O7S/c1-18-9-14-23(15-25(18)32(35)36)40(37,38)31(21-10-12-22(39-4)13-11-21)17-26(33)30(19(2)27(34)29-3)16-20-7-5-6-8-24(20)28/h5-15,19H,16-17H2,1-4H3,(H,29,34)/t19-/m0/s1. The maximum absolute atomic E-state index is 13.9. The quantitative estimate of drug-likeness (QED) is 0.264. The van der Waals surface area contributed by atoms with Gasteiger partial charge in [-0.2, -0.15) is 0 Å². The first-order chi connectivity index (χ1) is 18.9. The van der Waals surface area contributed by atoms with Gasteiger partial charge in [0.25, 0.3) is 15.7 Å². The van der Waals surface area contributed by atoms with Gasteiger partial charge >= 0.3 is 0 Å². The van der Waals surface area contributed by atoms with Gasteiger partial charge in [-0.15, -0.1) is 0 Å². The number of sulfonamides is 1. The summed E-state index contributed by atoms with van der Waals surface area (Å²) >= 11 is 6.32. The van der Waals surface area contributed by atoms with Gasteiger partial charge in [-0.25, -0.2) is 8.42 Å². The number of nitrogens with one attached hydrogen (secondary N) is 1. The van der Waals surface area contributed by atoms with E-state index in [1.165, 1.54) is 69.3 Å². The van der Waals surface area contributed by atoms with Gasteiger partial charge in [-0.05, 0) is 55.8 Å². The summed E-state index contributed by atoms with van der Waals surface area (Å²) in [7, 11) is -1.62. The molecule has 0 unspecified atom stereocenters. The molecule has 0 saturated heterocycles. The first-order valence-electron chi connectivity index (χ1n) is 12.1. The van der Waals surface area contributed by atoms with E-state index in [1.54, 1.807) is 24.3 Å². The van der Waals surface area contributed by atoms with Crippen LogP contribution < -0.4 is 14.4 Å². The van der Waals surface area contributed by atoms with E-state index in [-0.39, 0.29) is 28.4 Å². The predicted molar refractivity (Wildman–Crippen MR) is 151 cm³/mol. The second kappa shape index (κ2) is 12.8. The Kier molecular flexibility index (Phi) is 9.72. The van der Waals surface area contributed by atoms with E-state index in [0.29, 0.717) is 16.3 Å². The zero-order valence-corrected chi connectivity index (χ0v) is 23.9. The highest BCUT2D eigenvalue weighted by atomic mass is 35.5. The largest absolute Gasteiger partial charge is 0.497 e. The number of likely N-dealkylation sites (N-methyl/N-ethyl adjacent to an activating group) is 1. The Labute approximate surface area is 237 Å². The molecule has 0 bridgehead atoms. The summed E-state index contributed by atoms with van der Waals surface area (Å²) in [5.74, 6) is -0.711. The third-order valence-corrected chi connectivity index (χ3v) is 8.46. The fourth-order valence-corrected chi connectivity index (χ4v) is 5.58. The highest BCUT2D eigenvalue weighted by Gasteiger charge is 2.33. The third-order valence-electron chi connectivity index (χ3n) is 6.32. The van der Waals surface area contributed by atoms with Crippen molar-refractivity contribution in [1.29, 1.82) is 0 Å². The number of carbonyl (C=O) groups is 2. The van der Waals surface area contributed by atoms with Gasteiger partial charge < -0.3 is 15.0 Å². The molecule has 0 aliphatic carbocycles. The Morgan fingerprint density at radius 2 is 1.75 bits per heavy atom. The molecule has 0 radical (unpaired) electrons. The number of nitrogens with zero attached hydrogens (tertiary/aromatic N) is 3. The number of methoxy groups -OCH3 is 1. The lowest BCUT2D eigenvalue weighted by molar-refractivity contribution is -0.385. The van der Waals surface area contributed by atoms with Crippen molar-refractivity contribution in [1.82, 2.24) is 10.2 Å². The van der Waals surface area contributed by atoms with Gasteiger partial charge in [-0.3, -0.25) is 24.0 Å². The van der Waals surface area contributed by atoms with E-state index in [1.807, 2.05) is 0 Å². The topological polar surface area (TPSA) is 139 Å². The number of nitro benzene ring substituents is 1. The molecule has 0 aromatic heterocycles. The first kappa shape index (κ1) is 30.4. The molecule has 0 heterocycles. The van der Waals surface area contributed by atoms with Crippen LogP contribution in [0.4, 0.5) is 11.4 Å². The van der Waals surface area contributed by atoms with Crippen LogP contribution in [0, 0.1) is 17.0 Å². The lowest BCUT2D eigenvalue weighted by Crippen LogP contribution is -2.50. The van der Waals surface area contributed by atoms with Crippen LogP contribution >= 0.6 is 11.6 Å². The molecule has 2 amide bonds. The second-order valence-electron chi connectivity index (χ2n) is 8.82. The normalized spacial score (nSPS) is 11.8. The predicted octanol–water partition coefficient (Wildman–Crippen LogP) is 3.92. The summed E-state index contributed by atoms with van der Waals surface area (Å²) < 4.78 is 33.8. The van der Waals surface area contributed by atoms with Crippen LogP contribution in [-0.4, -0.2) is 56.8 Å².